The fourth-order valence-corrected chi connectivity index (χ4v) is 3.16. The number of aromatic nitrogens is 2. The van der Waals surface area contributed by atoms with Crippen LogP contribution in [0, 0.1) is 0 Å². The van der Waals surface area contributed by atoms with E-state index in [1.54, 1.807) is 6.92 Å². The molecule has 2 aromatic rings. The lowest BCUT2D eigenvalue weighted by molar-refractivity contribution is 0.0474. The Kier molecular flexibility index (Phi) is 6.92. The smallest absolute Gasteiger partial charge is 0.341 e. The van der Waals surface area contributed by atoms with Gasteiger partial charge >= 0.3 is 11.7 Å². The first-order valence-electron chi connectivity index (χ1n) is 8.04. The van der Waals surface area contributed by atoms with Crippen LogP contribution in [0.3, 0.4) is 0 Å². The number of rotatable bonds is 6. The number of ether oxygens (including phenoxy) is 1. The van der Waals surface area contributed by atoms with Crippen molar-refractivity contribution in [2.75, 3.05) is 12.3 Å². The minimum Gasteiger partial charge on any atom is -0.454 e. The zero-order valence-electron chi connectivity index (χ0n) is 14.9. The Bertz CT molecular complexity index is 1080. The highest BCUT2D eigenvalue weighted by molar-refractivity contribution is 6.46. The summed E-state index contributed by atoms with van der Waals surface area (Å²) in [7, 11) is 1.23. The number of esters is 1. The molecule has 0 amide bonds. The van der Waals surface area contributed by atoms with Gasteiger partial charge in [0.2, 0.25) is 5.78 Å². The average Bonchev–Trinajstić information content (AvgIpc) is 2.65. The maximum atomic E-state index is 12.5. The molecular formula is C17H16Cl3N3O5. The van der Waals surface area contributed by atoms with Gasteiger partial charge in [-0.3, -0.25) is 18.7 Å². The molecule has 0 radical (unpaired) electrons. The molecule has 0 saturated heterocycles. The van der Waals surface area contributed by atoms with E-state index in [1.807, 2.05) is 0 Å². The number of hydrogen-bond donors (Lipinski definition) is 1. The molecule has 8 nitrogen and oxygen atoms in total. The van der Waals surface area contributed by atoms with Gasteiger partial charge in [-0.2, -0.15) is 0 Å². The first-order valence-corrected chi connectivity index (χ1v) is 9.18. The molecule has 28 heavy (non-hydrogen) atoms. The molecule has 2 N–H and O–H groups in total. The molecular weight excluding hydrogens is 433 g/mol. The Balaban J connectivity index is 2.35. The largest absolute Gasteiger partial charge is 0.454 e. The van der Waals surface area contributed by atoms with Crippen LogP contribution < -0.4 is 17.0 Å². The van der Waals surface area contributed by atoms with Crippen molar-refractivity contribution in [3.63, 3.8) is 0 Å². The van der Waals surface area contributed by atoms with Crippen LogP contribution in [0.1, 0.15) is 34.1 Å². The zero-order valence-corrected chi connectivity index (χ0v) is 17.2. The highest BCUT2D eigenvalue weighted by Gasteiger charge is 2.24. The van der Waals surface area contributed by atoms with Gasteiger partial charge in [0.1, 0.15) is 11.4 Å². The Morgan fingerprint density at radius 2 is 1.71 bits per heavy atom. The molecule has 0 aliphatic carbocycles. The third-order valence-electron chi connectivity index (χ3n) is 3.89. The molecule has 150 valence electrons. The quantitative estimate of drug-likeness (QED) is 0.413. The number of Topliss-reactive ketones (excluding diaryl/α,β-unsaturated/α-hetero) is 1. The van der Waals surface area contributed by atoms with Crippen molar-refractivity contribution in [2.45, 2.75) is 19.9 Å². The topological polar surface area (TPSA) is 113 Å². The van der Waals surface area contributed by atoms with E-state index in [0.29, 0.717) is 6.42 Å². The molecule has 0 spiro atoms. The van der Waals surface area contributed by atoms with E-state index >= 15 is 0 Å². The number of halogens is 3. The molecule has 11 heteroatoms. The number of benzene rings is 1. The van der Waals surface area contributed by atoms with Crippen molar-refractivity contribution in [1.82, 2.24) is 9.13 Å². The molecule has 0 unspecified atom stereocenters. The van der Waals surface area contributed by atoms with Gasteiger partial charge in [0.05, 0.1) is 20.6 Å². The maximum Gasteiger partial charge on any atom is 0.341 e. The van der Waals surface area contributed by atoms with Crippen LogP contribution in [0.5, 0.6) is 0 Å². The number of nitrogens with zero attached hydrogens (tertiary/aromatic N) is 2. The molecule has 0 fully saturated rings. The minimum absolute atomic E-state index is 0.0150. The second-order valence-corrected chi connectivity index (χ2v) is 6.97. The normalized spacial score (nSPS) is 10.8. The minimum atomic E-state index is -0.997. The number of hydrogen-bond acceptors (Lipinski definition) is 6. The first kappa shape index (κ1) is 22.0. The predicted octanol–water partition coefficient (Wildman–Crippen LogP) is 2.54. The van der Waals surface area contributed by atoms with Gasteiger partial charge in [0.15, 0.2) is 6.61 Å². The lowest BCUT2D eigenvalue weighted by Crippen LogP contribution is -2.43. The lowest BCUT2D eigenvalue weighted by Gasteiger charge is -2.14. The van der Waals surface area contributed by atoms with E-state index in [0.717, 1.165) is 9.13 Å². The molecule has 1 heterocycles. The van der Waals surface area contributed by atoms with Crippen LogP contribution >= 0.6 is 34.8 Å². The predicted molar refractivity (Wildman–Crippen MR) is 107 cm³/mol. The van der Waals surface area contributed by atoms with Crippen molar-refractivity contribution in [2.24, 2.45) is 7.05 Å². The van der Waals surface area contributed by atoms with Gasteiger partial charge in [-0.15, -0.1) is 0 Å². The van der Waals surface area contributed by atoms with Gasteiger partial charge in [-0.05, 0) is 18.6 Å². The average molecular weight is 449 g/mol. The monoisotopic (exact) mass is 447 g/mol. The Labute approximate surface area is 174 Å². The lowest BCUT2D eigenvalue weighted by atomic mass is 10.2. The van der Waals surface area contributed by atoms with Gasteiger partial charge in [0, 0.05) is 13.6 Å². The number of carbonyl (C=O) groups is 2. The summed E-state index contributed by atoms with van der Waals surface area (Å²) in [5.74, 6) is -2.15. The van der Waals surface area contributed by atoms with E-state index in [2.05, 4.69) is 0 Å². The Morgan fingerprint density at radius 3 is 2.32 bits per heavy atom. The summed E-state index contributed by atoms with van der Waals surface area (Å²) in [6, 6.07) is 2.75. The highest BCUT2D eigenvalue weighted by atomic mass is 35.5. The standard InChI is InChI=1S/C17H16Cl3N3O5/c1-3-6-23-14(21)12(15(25)22(2)17(23)27)10(24)7-28-16(26)11-8(18)4-5-9(19)13(11)20/h4-5H,3,6-7,21H2,1-2H3. The molecule has 1 aromatic heterocycles. The zero-order chi connectivity index (χ0) is 21.2. The summed E-state index contributed by atoms with van der Waals surface area (Å²) < 4.78 is 6.82. The molecule has 0 saturated carbocycles. The Hall–Kier alpha value is -2.29. The third-order valence-corrected chi connectivity index (χ3v) is 5.01. The van der Waals surface area contributed by atoms with E-state index in [9.17, 15) is 19.2 Å². The summed E-state index contributed by atoms with van der Waals surface area (Å²) in [6.45, 7) is 1.22. The summed E-state index contributed by atoms with van der Waals surface area (Å²) in [5, 5.41) is -0.0635. The molecule has 2 rings (SSSR count). The second-order valence-electron chi connectivity index (χ2n) is 5.78. The van der Waals surface area contributed by atoms with E-state index in [4.69, 9.17) is 45.3 Å². The van der Waals surface area contributed by atoms with Crippen molar-refractivity contribution in [3.05, 3.63) is 59.2 Å². The van der Waals surface area contributed by atoms with Crippen molar-refractivity contribution in [3.8, 4) is 0 Å². The molecule has 0 aliphatic rings. The number of nitrogen functional groups attached to an aromatic ring is 1. The third kappa shape index (κ3) is 4.09. The Morgan fingerprint density at radius 1 is 1.11 bits per heavy atom. The molecule has 0 atom stereocenters. The number of anilines is 1. The van der Waals surface area contributed by atoms with Crippen LogP contribution in [0.4, 0.5) is 5.82 Å². The SMILES string of the molecule is CCCn1c(N)c(C(=O)COC(=O)c2c(Cl)ccc(Cl)c2Cl)c(=O)n(C)c1=O. The van der Waals surface area contributed by atoms with Gasteiger partial charge in [-0.1, -0.05) is 41.7 Å². The van der Waals surface area contributed by atoms with Crippen molar-refractivity contribution >= 4 is 52.4 Å². The summed E-state index contributed by atoms with van der Waals surface area (Å²) in [5.41, 5.74) is 3.69. The molecule has 1 aromatic carbocycles. The van der Waals surface area contributed by atoms with Gasteiger partial charge < -0.3 is 10.5 Å². The number of nitrogens with two attached hydrogens (primary N) is 1. The molecule has 0 bridgehead atoms. The van der Waals surface area contributed by atoms with Crippen LogP contribution in [0.2, 0.25) is 15.1 Å². The summed E-state index contributed by atoms with van der Waals surface area (Å²) in [6.07, 6.45) is 0.552. The van der Waals surface area contributed by atoms with Gasteiger partial charge in [-0.25, -0.2) is 9.59 Å². The van der Waals surface area contributed by atoms with E-state index < -0.39 is 35.2 Å². The maximum absolute atomic E-state index is 12.5. The van der Waals surface area contributed by atoms with Gasteiger partial charge in [0.25, 0.3) is 5.56 Å². The molecule has 0 aliphatic heterocycles. The summed E-state index contributed by atoms with van der Waals surface area (Å²) in [4.78, 5) is 49.2. The number of carbonyl (C=O) groups excluding carboxylic acids is 2. The fourth-order valence-electron chi connectivity index (χ4n) is 2.47. The number of ketones is 1. The highest BCUT2D eigenvalue weighted by Crippen LogP contribution is 2.31. The van der Waals surface area contributed by atoms with Crippen LogP contribution in [0.25, 0.3) is 0 Å². The van der Waals surface area contributed by atoms with Crippen LogP contribution in [0.15, 0.2) is 21.7 Å². The van der Waals surface area contributed by atoms with E-state index in [1.165, 1.54) is 19.2 Å². The van der Waals surface area contributed by atoms with Crippen molar-refractivity contribution in [1.29, 1.82) is 0 Å². The van der Waals surface area contributed by atoms with Crippen LogP contribution in [-0.4, -0.2) is 27.5 Å². The van der Waals surface area contributed by atoms with Crippen molar-refractivity contribution < 1.29 is 14.3 Å². The first-order chi connectivity index (χ1) is 13.1. The van der Waals surface area contributed by atoms with E-state index in [-0.39, 0.29) is 33.0 Å². The van der Waals surface area contributed by atoms with Crippen LogP contribution in [-0.2, 0) is 18.3 Å². The summed E-state index contributed by atoms with van der Waals surface area (Å²) >= 11 is 17.7. The second kappa shape index (κ2) is 8.81. The fraction of sp³-hybridized carbons (Fsp3) is 0.294.